The van der Waals surface area contributed by atoms with Gasteiger partial charge in [-0.15, -0.1) is 0 Å². The fraction of sp³-hybridized carbons (Fsp3) is 0.529. The number of hydrogen-bond donors (Lipinski definition) is 2. The van der Waals surface area contributed by atoms with Gasteiger partial charge in [-0.2, -0.15) is 0 Å². The molecule has 2 N–H and O–H groups in total. The normalized spacial score (nSPS) is 15.1. The average molecular weight is 304 g/mol. The van der Waals surface area contributed by atoms with E-state index in [0.717, 1.165) is 18.4 Å². The minimum atomic E-state index is -0.832. The second kappa shape index (κ2) is 7.82. The standard InChI is InChI=1S/C17H24N2O3/c1-2-19(15-9-10-15)17(22)18-14(8-11-16(20)21)12-13-6-4-3-5-7-13/h3-7,14-15H,2,8-12H2,1H3,(H,18,22)(H,20,21). The topological polar surface area (TPSA) is 69.6 Å². The lowest BCUT2D eigenvalue weighted by Gasteiger charge is -2.25. The van der Waals surface area contributed by atoms with Gasteiger partial charge in [0.15, 0.2) is 0 Å². The number of rotatable bonds is 8. The largest absolute Gasteiger partial charge is 0.481 e. The Labute approximate surface area is 131 Å². The third-order valence-electron chi connectivity index (χ3n) is 3.95. The van der Waals surface area contributed by atoms with Crippen molar-refractivity contribution in [3.63, 3.8) is 0 Å². The maximum atomic E-state index is 12.4. The van der Waals surface area contributed by atoms with Crippen LogP contribution in [0.4, 0.5) is 4.79 Å². The monoisotopic (exact) mass is 304 g/mol. The van der Waals surface area contributed by atoms with Crippen LogP contribution in [0, 0.1) is 0 Å². The summed E-state index contributed by atoms with van der Waals surface area (Å²) in [6, 6.07) is 9.98. The highest BCUT2D eigenvalue weighted by atomic mass is 16.4. The summed E-state index contributed by atoms with van der Waals surface area (Å²) in [5.41, 5.74) is 1.10. The third kappa shape index (κ3) is 5.06. The first-order valence-corrected chi connectivity index (χ1v) is 7.93. The van der Waals surface area contributed by atoms with E-state index in [-0.39, 0.29) is 18.5 Å². The highest BCUT2D eigenvalue weighted by Crippen LogP contribution is 2.26. The lowest BCUT2D eigenvalue weighted by atomic mass is 10.0. The predicted octanol–water partition coefficient (Wildman–Crippen LogP) is 2.66. The third-order valence-corrected chi connectivity index (χ3v) is 3.95. The highest BCUT2D eigenvalue weighted by Gasteiger charge is 2.32. The van der Waals surface area contributed by atoms with Gasteiger partial charge in [0.25, 0.3) is 0 Å². The fourth-order valence-electron chi connectivity index (χ4n) is 2.63. The van der Waals surface area contributed by atoms with Crippen molar-refractivity contribution in [1.82, 2.24) is 10.2 Å². The number of urea groups is 1. The first-order valence-electron chi connectivity index (χ1n) is 7.93. The summed E-state index contributed by atoms with van der Waals surface area (Å²) in [5.74, 6) is -0.832. The molecule has 1 atom stereocenters. The van der Waals surface area contributed by atoms with Crippen LogP contribution in [0.5, 0.6) is 0 Å². The smallest absolute Gasteiger partial charge is 0.317 e. The second-order valence-corrected chi connectivity index (χ2v) is 5.79. The van der Waals surface area contributed by atoms with Crippen molar-refractivity contribution < 1.29 is 14.7 Å². The zero-order chi connectivity index (χ0) is 15.9. The van der Waals surface area contributed by atoms with Gasteiger partial charge < -0.3 is 15.3 Å². The van der Waals surface area contributed by atoms with Crippen molar-refractivity contribution in [1.29, 1.82) is 0 Å². The number of carboxylic acids is 1. The maximum Gasteiger partial charge on any atom is 0.317 e. The van der Waals surface area contributed by atoms with Crippen LogP contribution in [0.1, 0.15) is 38.2 Å². The first-order chi connectivity index (χ1) is 10.6. The molecule has 5 nitrogen and oxygen atoms in total. The van der Waals surface area contributed by atoms with E-state index in [4.69, 9.17) is 5.11 Å². The SMILES string of the molecule is CCN(C(=O)NC(CCC(=O)O)Cc1ccccc1)C1CC1. The van der Waals surface area contributed by atoms with Crippen LogP contribution in [0.15, 0.2) is 30.3 Å². The van der Waals surface area contributed by atoms with E-state index in [1.807, 2.05) is 42.2 Å². The molecule has 1 aromatic rings. The van der Waals surface area contributed by atoms with E-state index in [2.05, 4.69) is 5.32 Å². The van der Waals surface area contributed by atoms with Gasteiger partial charge in [-0.25, -0.2) is 4.79 Å². The Hall–Kier alpha value is -2.04. The van der Waals surface area contributed by atoms with Gasteiger partial charge in [-0.3, -0.25) is 4.79 Å². The lowest BCUT2D eigenvalue weighted by Crippen LogP contribution is -2.46. The van der Waals surface area contributed by atoms with E-state index < -0.39 is 5.97 Å². The van der Waals surface area contributed by atoms with Gasteiger partial charge in [0.05, 0.1) is 0 Å². The van der Waals surface area contributed by atoms with Crippen LogP contribution in [0.2, 0.25) is 0 Å². The molecule has 0 radical (unpaired) electrons. The Morgan fingerprint density at radius 1 is 1.32 bits per heavy atom. The van der Waals surface area contributed by atoms with Crippen LogP contribution in [-0.4, -0.2) is 40.6 Å². The average Bonchev–Trinajstić information content (AvgIpc) is 3.31. The number of amides is 2. The van der Waals surface area contributed by atoms with Gasteiger partial charge in [-0.1, -0.05) is 30.3 Å². The zero-order valence-corrected chi connectivity index (χ0v) is 13.0. The molecule has 1 fully saturated rings. The molecule has 5 heteroatoms. The predicted molar refractivity (Wildman–Crippen MR) is 84.7 cm³/mol. The number of carboxylic acid groups (broad SMARTS) is 1. The van der Waals surface area contributed by atoms with Gasteiger partial charge in [0.1, 0.15) is 0 Å². The fourth-order valence-corrected chi connectivity index (χ4v) is 2.63. The number of aliphatic carboxylic acids is 1. The van der Waals surface area contributed by atoms with Gasteiger partial charge >= 0.3 is 12.0 Å². The van der Waals surface area contributed by atoms with Crippen LogP contribution in [-0.2, 0) is 11.2 Å². The molecular formula is C17H24N2O3. The van der Waals surface area contributed by atoms with E-state index in [9.17, 15) is 9.59 Å². The van der Waals surface area contributed by atoms with Crippen LogP contribution in [0.25, 0.3) is 0 Å². The van der Waals surface area contributed by atoms with E-state index >= 15 is 0 Å². The minimum Gasteiger partial charge on any atom is -0.481 e. The van der Waals surface area contributed by atoms with Crippen LogP contribution >= 0.6 is 0 Å². The summed E-state index contributed by atoms with van der Waals surface area (Å²) in [5, 5.41) is 11.9. The summed E-state index contributed by atoms with van der Waals surface area (Å²) in [6.45, 7) is 2.66. The molecule has 0 saturated heterocycles. The number of benzene rings is 1. The molecule has 1 aliphatic carbocycles. The molecule has 2 rings (SSSR count). The molecule has 1 unspecified atom stereocenters. The molecule has 0 heterocycles. The number of hydrogen-bond acceptors (Lipinski definition) is 2. The minimum absolute atomic E-state index is 0.0628. The van der Waals surface area contributed by atoms with Crippen molar-refractivity contribution in [2.45, 2.75) is 51.1 Å². The molecule has 22 heavy (non-hydrogen) atoms. The lowest BCUT2D eigenvalue weighted by molar-refractivity contribution is -0.137. The Balaban J connectivity index is 1.96. The van der Waals surface area contributed by atoms with Gasteiger partial charge in [0.2, 0.25) is 0 Å². The highest BCUT2D eigenvalue weighted by molar-refractivity contribution is 5.75. The summed E-state index contributed by atoms with van der Waals surface area (Å²) in [4.78, 5) is 25.0. The summed E-state index contributed by atoms with van der Waals surface area (Å²) in [6.07, 6.45) is 3.30. The van der Waals surface area contributed by atoms with Crippen molar-refractivity contribution in [2.24, 2.45) is 0 Å². The molecular weight excluding hydrogens is 280 g/mol. The molecule has 0 aromatic heterocycles. The number of carbonyl (C=O) groups excluding carboxylic acids is 1. The summed E-state index contributed by atoms with van der Waals surface area (Å²) in [7, 11) is 0. The van der Waals surface area contributed by atoms with E-state index in [1.165, 1.54) is 0 Å². The molecule has 1 aromatic carbocycles. The number of carbonyl (C=O) groups is 2. The summed E-state index contributed by atoms with van der Waals surface area (Å²) >= 11 is 0. The zero-order valence-electron chi connectivity index (χ0n) is 13.0. The van der Waals surface area contributed by atoms with Crippen molar-refractivity contribution >= 4 is 12.0 Å². The number of nitrogens with one attached hydrogen (secondary N) is 1. The van der Waals surface area contributed by atoms with Crippen molar-refractivity contribution in [3.8, 4) is 0 Å². The van der Waals surface area contributed by atoms with Crippen molar-refractivity contribution in [2.75, 3.05) is 6.54 Å². The molecule has 0 bridgehead atoms. The first kappa shape index (κ1) is 16.3. The molecule has 0 spiro atoms. The Morgan fingerprint density at radius 3 is 2.55 bits per heavy atom. The number of nitrogens with zero attached hydrogens (tertiary/aromatic N) is 1. The van der Waals surface area contributed by atoms with Gasteiger partial charge in [0, 0.05) is 25.0 Å². The Morgan fingerprint density at radius 2 is 2.00 bits per heavy atom. The quantitative estimate of drug-likeness (QED) is 0.775. The molecule has 120 valence electrons. The molecule has 0 aliphatic heterocycles. The van der Waals surface area contributed by atoms with Gasteiger partial charge in [-0.05, 0) is 38.2 Å². The molecule has 1 saturated carbocycles. The molecule has 2 amide bonds. The van der Waals surface area contributed by atoms with Crippen LogP contribution < -0.4 is 5.32 Å². The second-order valence-electron chi connectivity index (χ2n) is 5.79. The summed E-state index contributed by atoms with van der Waals surface area (Å²) < 4.78 is 0. The van der Waals surface area contributed by atoms with E-state index in [0.29, 0.717) is 25.4 Å². The Kier molecular flexibility index (Phi) is 5.81. The Bertz CT molecular complexity index is 500. The van der Waals surface area contributed by atoms with Crippen LogP contribution in [0.3, 0.4) is 0 Å². The molecule has 1 aliphatic rings. The van der Waals surface area contributed by atoms with E-state index in [1.54, 1.807) is 0 Å². The van der Waals surface area contributed by atoms with Crippen molar-refractivity contribution in [3.05, 3.63) is 35.9 Å². The maximum absolute atomic E-state index is 12.4.